The molecule has 1 atom stereocenters. The summed E-state index contributed by atoms with van der Waals surface area (Å²) in [5, 5.41) is 3.23. The fourth-order valence-corrected chi connectivity index (χ4v) is 5.87. The number of carbonyl (C=O) groups is 2. The molecule has 0 radical (unpaired) electrons. The number of halogens is 1. The highest BCUT2D eigenvalue weighted by Crippen LogP contribution is 2.27. The van der Waals surface area contributed by atoms with Crippen molar-refractivity contribution in [1.82, 2.24) is 10.2 Å². The maximum absolute atomic E-state index is 14.0. The lowest BCUT2D eigenvalue weighted by Gasteiger charge is -2.33. The summed E-state index contributed by atoms with van der Waals surface area (Å²) < 4.78 is 34.4. The van der Waals surface area contributed by atoms with Crippen LogP contribution in [0.25, 0.3) is 0 Å². The summed E-state index contributed by atoms with van der Waals surface area (Å²) in [6.07, 6.45) is 0.332. The summed E-state index contributed by atoms with van der Waals surface area (Å²) in [4.78, 5) is 28.4. The van der Waals surface area contributed by atoms with Crippen molar-refractivity contribution in [2.24, 2.45) is 0 Å². The maximum Gasteiger partial charge on any atom is 0.264 e. The summed E-state index contributed by atoms with van der Waals surface area (Å²) in [7, 11) is -4.17. The zero-order valence-corrected chi connectivity index (χ0v) is 24.8. The molecule has 3 aromatic rings. The van der Waals surface area contributed by atoms with Crippen LogP contribution in [-0.4, -0.2) is 50.9 Å². The molecule has 10 heteroatoms. The van der Waals surface area contributed by atoms with E-state index in [1.807, 2.05) is 13.8 Å². The second-order valence-electron chi connectivity index (χ2n) is 9.18. The third-order valence-corrected chi connectivity index (χ3v) is 8.52. The Hall–Kier alpha value is -3.56. The Morgan fingerprint density at radius 2 is 1.60 bits per heavy atom. The van der Waals surface area contributed by atoms with E-state index in [1.54, 1.807) is 74.5 Å². The molecule has 0 aromatic heterocycles. The van der Waals surface area contributed by atoms with Gasteiger partial charge in [0.2, 0.25) is 11.8 Å². The number of anilines is 1. The second kappa shape index (κ2) is 14.2. The molecule has 0 saturated heterocycles. The van der Waals surface area contributed by atoms with E-state index < -0.39 is 28.5 Å². The topological polar surface area (TPSA) is 96.0 Å². The van der Waals surface area contributed by atoms with Crippen molar-refractivity contribution in [2.75, 3.05) is 24.0 Å². The first-order valence-electron chi connectivity index (χ1n) is 13.2. The molecule has 3 rings (SSSR count). The van der Waals surface area contributed by atoms with Crippen LogP contribution in [0, 0.1) is 6.92 Å². The van der Waals surface area contributed by atoms with Crippen LogP contribution in [0.5, 0.6) is 5.75 Å². The summed E-state index contributed by atoms with van der Waals surface area (Å²) in [6.45, 7) is 7.71. The average molecular weight is 586 g/mol. The number of sulfonamides is 1. The molecule has 0 spiro atoms. The lowest BCUT2D eigenvalue weighted by molar-refractivity contribution is -0.140. The number of likely N-dealkylation sites (N-methyl/N-ethyl adjacent to an activating group) is 1. The average Bonchev–Trinajstić information content (AvgIpc) is 2.93. The normalized spacial score (nSPS) is 11.9. The summed E-state index contributed by atoms with van der Waals surface area (Å²) in [6, 6.07) is 19.2. The first-order valence-corrected chi connectivity index (χ1v) is 15.1. The lowest BCUT2D eigenvalue weighted by atomic mass is 10.1. The molecule has 0 unspecified atom stereocenters. The van der Waals surface area contributed by atoms with Gasteiger partial charge in [-0.05, 0) is 75.2 Å². The molecule has 0 aliphatic heterocycles. The van der Waals surface area contributed by atoms with Crippen LogP contribution in [0.15, 0.2) is 77.7 Å². The number of nitrogens with one attached hydrogen (secondary N) is 1. The number of aryl methyl sites for hydroxylation is 1. The molecule has 0 bridgehead atoms. The van der Waals surface area contributed by atoms with Gasteiger partial charge in [-0.25, -0.2) is 8.42 Å². The van der Waals surface area contributed by atoms with Crippen molar-refractivity contribution in [2.45, 2.75) is 51.6 Å². The van der Waals surface area contributed by atoms with Crippen LogP contribution in [0.1, 0.15) is 38.3 Å². The molecule has 0 aliphatic rings. The van der Waals surface area contributed by atoms with Crippen molar-refractivity contribution < 1.29 is 22.7 Å². The van der Waals surface area contributed by atoms with E-state index in [2.05, 4.69) is 5.32 Å². The van der Waals surface area contributed by atoms with Crippen molar-refractivity contribution in [3.05, 3.63) is 88.9 Å². The Bertz CT molecular complexity index is 1400. The molecule has 0 saturated carbocycles. The molecule has 3 aromatic carbocycles. The van der Waals surface area contributed by atoms with Gasteiger partial charge >= 0.3 is 0 Å². The van der Waals surface area contributed by atoms with Crippen LogP contribution in [0.4, 0.5) is 5.69 Å². The molecule has 1 N–H and O–H groups in total. The first-order chi connectivity index (χ1) is 19.1. The van der Waals surface area contributed by atoms with Gasteiger partial charge in [-0.1, -0.05) is 54.4 Å². The predicted molar refractivity (Wildman–Crippen MR) is 158 cm³/mol. The Morgan fingerprint density at radius 1 is 0.950 bits per heavy atom. The van der Waals surface area contributed by atoms with Crippen LogP contribution < -0.4 is 14.4 Å². The number of benzene rings is 3. The Kier molecular flexibility index (Phi) is 11.0. The molecular weight excluding hydrogens is 550 g/mol. The molecule has 8 nitrogen and oxygen atoms in total. The minimum absolute atomic E-state index is 0.0118. The summed E-state index contributed by atoms with van der Waals surface area (Å²) >= 11 is 6.41. The van der Waals surface area contributed by atoms with Gasteiger partial charge in [0.15, 0.2) is 0 Å². The molecule has 0 aliphatic carbocycles. The molecule has 214 valence electrons. The van der Waals surface area contributed by atoms with E-state index in [-0.39, 0.29) is 17.3 Å². The number of amides is 2. The molecule has 2 amide bonds. The number of carbonyl (C=O) groups excluding carboxylic acids is 2. The van der Waals surface area contributed by atoms with E-state index in [0.717, 1.165) is 9.87 Å². The lowest BCUT2D eigenvalue weighted by Crippen LogP contribution is -2.52. The Labute approximate surface area is 241 Å². The van der Waals surface area contributed by atoms with Crippen LogP contribution in [-0.2, 0) is 26.2 Å². The number of nitrogens with zero attached hydrogens (tertiary/aromatic N) is 2. The molecule has 0 fully saturated rings. The fraction of sp³-hybridized carbons (Fsp3) is 0.333. The van der Waals surface area contributed by atoms with E-state index in [1.165, 1.54) is 17.0 Å². The van der Waals surface area contributed by atoms with Gasteiger partial charge in [0.05, 0.1) is 17.2 Å². The molecular formula is C30H36ClN3O5S. The van der Waals surface area contributed by atoms with E-state index >= 15 is 0 Å². The second-order valence-corrected chi connectivity index (χ2v) is 11.5. The zero-order valence-electron chi connectivity index (χ0n) is 23.3. The number of ether oxygens (including phenoxy) is 1. The highest BCUT2D eigenvalue weighted by molar-refractivity contribution is 7.92. The SMILES string of the molecule is CCNC(=O)[C@H](CC)N(Cc1ccccc1Cl)C(=O)CN(c1ccc(C)cc1)S(=O)(=O)c1ccc(OCC)cc1. The van der Waals surface area contributed by atoms with Crippen LogP contribution >= 0.6 is 11.6 Å². The van der Waals surface area contributed by atoms with Gasteiger partial charge < -0.3 is 15.0 Å². The Morgan fingerprint density at radius 3 is 2.17 bits per heavy atom. The Balaban J connectivity index is 2.05. The maximum atomic E-state index is 14.0. The van der Waals surface area contributed by atoms with E-state index in [0.29, 0.717) is 41.6 Å². The van der Waals surface area contributed by atoms with Gasteiger partial charge in [-0.2, -0.15) is 0 Å². The van der Waals surface area contributed by atoms with Gasteiger partial charge in [-0.15, -0.1) is 0 Å². The van der Waals surface area contributed by atoms with E-state index in [9.17, 15) is 18.0 Å². The van der Waals surface area contributed by atoms with E-state index in [4.69, 9.17) is 16.3 Å². The minimum atomic E-state index is -4.17. The standard InChI is InChI=1S/C30H36ClN3O5S/c1-5-28(30(36)32-6-2)33(20-23-10-8-9-11-27(23)31)29(35)21-34(24-14-12-22(4)13-15-24)40(37,38)26-18-16-25(17-19-26)39-7-3/h8-19,28H,5-7,20-21H2,1-4H3,(H,32,36)/t28-/m0/s1. The van der Waals surface area contributed by atoms with Gasteiger partial charge in [0.25, 0.3) is 10.0 Å². The monoisotopic (exact) mass is 585 g/mol. The molecule has 40 heavy (non-hydrogen) atoms. The minimum Gasteiger partial charge on any atom is -0.494 e. The van der Waals surface area contributed by atoms with Gasteiger partial charge in [-0.3, -0.25) is 13.9 Å². The fourth-order valence-electron chi connectivity index (χ4n) is 4.26. The van der Waals surface area contributed by atoms with Crippen LogP contribution in [0.3, 0.4) is 0 Å². The zero-order chi connectivity index (χ0) is 29.3. The summed E-state index contributed by atoms with van der Waals surface area (Å²) in [5.41, 5.74) is 1.92. The third-order valence-electron chi connectivity index (χ3n) is 6.36. The third kappa shape index (κ3) is 7.55. The molecule has 0 heterocycles. The quantitative estimate of drug-likeness (QED) is 0.298. The number of hydrogen-bond acceptors (Lipinski definition) is 5. The first kappa shape index (κ1) is 31.0. The number of hydrogen-bond donors (Lipinski definition) is 1. The van der Waals surface area contributed by atoms with Gasteiger partial charge in [0.1, 0.15) is 18.3 Å². The van der Waals surface area contributed by atoms with Crippen molar-refractivity contribution in [3.8, 4) is 5.75 Å². The predicted octanol–water partition coefficient (Wildman–Crippen LogP) is 5.19. The largest absolute Gasteiger partial charge is 0.494 e. The van der Waals surface area contributed by atoms with Gasteiger partial charge in [0, 0.05) is 18.1 Å². The van der Waals surface area contributed by atoms with Crippen molar-refractivity contribution >= 4 is 39.1 Å². The van der Waals surface area contributed by atoms with Crippen molar-refractivity contribution in [1.29, 1.82) is 0 Å². The summed E-state index contributed by atoms with van der Waals surface area (Å²) in [5.74, 6) is -0.312. The van der Waals surface area contributed by atoms with Crippen LogP contribution in [0.2, 0.25) is 5.02 Å². The smallest absolute Gasteiger partial charge is 0.264 e. The number of rotatable bonds is 13. The highest BCUT2D eigenvalue weighted by atomic mass is 35.5. The highest BCUT2D eigenvalue weighted by Gasteiger charge is 2.33. The van der Waals surface area contributed by atoms with Crippen molar-refractivity contribution in [3.63, 3.8) is 0 Å².